The van der Waals surface area contributed by atoms with Crippen LogP contribution in [0.3, 0.4) is 0 Å². The van der Waals surface area contributed by atoms with Crippen molar-refractivity contribution in [1.82, 2.24) is 14.5 Å². The number of carbonyl (C=O) groups is 5. The molecule has 3 atom stereocenters. The Balaban J connectivity index is 0.802. The zero-order chi connectivity index (χ0) is 48.9. The van der Waals surface area contributed by atoms with E-state index in [0.29, 0.717) is 90.2 Å². The summed E-state index contributed by atoms with van der Waals surface area (Å²) < 4.78 is 34.9. The fourth-order valence-electron chi connectivity index (χ4n) is 10.3. The number of rotatable bonds is 13. The van der Waals surface area contributed by atoms with Crippen molar-refractivity contribution in [2.45, 2.75) is 87.9 Å². The number of halogens is 1. The molecule has 20 heteroatoms. The molecule has 4 aliphatic heterocycles. The molecule has 9 rings (SSSR count). The SMILES string of the molecule is CC1(C)C[C@@H](Nc2cccc(-c3sc(C(=O)O)c(OCC(=O)O)c3Cl)c2)CCN1S(=O)(=O)Cc1cccc(NC(=O)N2CCC(c3ccc4c5c(cccc35)C(=O)N4[C@@H]3CCC(O)NC3=O)CC2)c1. The fraction of sp³-hybridized carbons (Fsp3) is 0.367. The van der Waals surface area contributed by atoms with Gasteiger partial charge >= 0.3 is 18.0 Å². The minimum Gasteiger partial charge on any atom is -0.479 e. The van der Waals surface area contributed by atoms with Crippen LogP contribution in [0.15, 0.2) is 78.9 Å². The third-order valence-corrected chi connectivity index (χ3v) is 17.2. The van der Waals surface area contributed by atoms with Crippen LogP contribution in [0.4, 0.5) is 21.9 Å². The minimum absolute atomic E-state index is 0.00199. The number of carbonyl (C=O) groups excluding carboxylic acids is 3. The molecule has 17 nitrogen and oxygen atoms in total. The largest absolute Gasteiger partial charge is 0.479 e. The fourth-order valence-corrected chi connectivity index (χ4v) is 13.7. The van der Waals surface area contributed by atoms with Gasteiger partial charge in [0, 0.05) is 53.5 Å². The van der Waals surface area contributed by atoms with Gasteiger partial charge in [-0.15, -0.1) is 11.3 Å². The van der Waals surface area contributed by atoms with E-state index >= 15 is 0 Å². The maximum Gasteiger partial charge on any atom is 0.349 e. The van der Waals surface area contributed by atoms with E-state index in [1.807, 2.05) is 44.2 Å². The van der Waals surface area contributed by atoms with Crippen molar-refractivity contribution in [3.05, 3.63) is 105 Å². The summed E-state index contributed by atoms with van der Waals surface area (Å²) in [6.45, 7) is 4.24. The number of hydrogen-bond donors (Lipinski definition) is 6. The summed E-state index contributed by atoms with van der Waals surface area (Å²) in [5.41, 5.74) is 3.86. The molecular weight excluding hydrogens is 948 g/mol. The molecular formula is C49H51ClN6O11S2. The first-order valence-corrected chi connectivity index (χ1v) is 25.5. The Morgan fingerprint density at radius 2 is 1.65 bits per heavy atom. The Kier molecular flexibility index (Phi) is 13.1. The van der Waals surface area contributed by atoms with Crippen molar-refractivity contribution in [2.24, 2.45) is 0 Å². The van der Waals surface area contributed by atoms with Gasteiger partial charge in [0.25, 0.3) is 5.91 Å². The molecule has 5 heterocycles. The Morgan fingerprint density at radius 3 is 2.38 bits per heavy atom. The number of thiophene rings is 1. The topological polar surface area (TPSA) is 235 Å². The number of urea groups is 1. The van der Waals surface area contributed by atoms with Crippen LogP contribution in [-0.2, 0) is 25.4 Å². The first kappa shape index (κ1) is 47.8. The minimum atomic E-state index is -3.81. The molecule has 0 aliphatic carbocycles. The van der Waals surface area contributed by atoms with Gasteiger partial charge in [-0.3, -0.25) is 14.5 Å². The number of aliphatic hydroxyl groups is 1. The summed E-state index contributed by atoms with van der Waals surface area (Å²) in [6, 6.07) is 22.5. The van der Waals surface area contributed by atoms with Crippen molar-refractivity contribution in [2.75, 3.05) is 41.8 Å². The molecule has 0 spiro atoms. The molecule has 4 amide bonds. The lowest BCUT2D eigenvalue weighted by Crippen LogP contribution is -2.55. The molecule has 5 aromatic rings. The van der Waals surface area contributed by atoms with Crippen LogP contribution in [0.5, 0.6) is 5.75 Å². The maximum atomic E-state index is 14.1. The Morgan fingerprint density at radius 1 is 0.913 bits per heavy atom. The number of aromatic carboxylic acids is 1. The van der Waals surface area contributed by atoms with Crippen molar-refractivity contribution in [1.29, 1.82) is 0 Å². The van der Waals surface area contributed by atoms with E-state index in [1.165, 1.54) is 0 Å². The Bertz CT molecular complexity index is 3010. The highest BCUT2D eigenvalue weighted by Gasteiger charge is 2.43. The lowest BCUT2D eigenvalue weighted by molar-refractivity contribution is -0.139. The Hall–Kier alpha value is -6.25. The van der Waals surface area contributed by atoms with Gasteiger partial charge in [0.15, 0.2) is 17.2 Å². The molecule has 362 valence electrons. The molecule has 3 saturated heterocycles. The number of nitrogens with zero attached hydrogens (tertiary/aromatic N) is 3. The lowest BCUT2D eigenvalue weighted by atomic mass is 9.85. The summed E-state index contributed by atoms with van der Waals surface area (Å²) in [5.74, 6) is -3.53. The Labute approximate surface area is 407 Å². The number of amides is 4. The average molecular weight is 1000 g/mol. The van der Waals surface area contributed by atoms with E-state index in [4.69, 9.17) is 21.4 Å². The quantitative estimate of drug-likeness (QED) is 0.0672. The van der Waals surface area contributed by atoms with Crippen LogP contribution in [0, 0.1) is 0 Å². The molecule has 0 radical (unpaired) electrons. The number of ether oxygens (including phenoxy) is 1. The van der Waals surface area contributed by atoms with Gasteiger partial charge in [0.1, 0.15) is 17.3 Å². The number of anilines is 3. The molecule has 0 saturated carbocycles. The molecule has 4 aliphatic rings. The van der Waals surface area contributed by atoms with Crippen molar-refractivity contribution >= 4 is 90.6 Å². The summed E-state index contributed by atoms with van der Waals surface area (Å²) in [6.07, 6.45) is 2.14. The van der Waals surface area contributed by atoms with E-state index < -0.39 is 46.4 Å². The third kappa shape index (κ3) is 9.57. The maximum absolute atomic E-state index is 14.1. The summed E-state index contributed by atoms with van der Waals surface area (Å²) in [5, 5.41) is 39.5. The van der Waals surface area contributed by atoms with Gasteiger partial charge in [-0.1, -0.05) is 54.1 Å². The number of aliphatic hydroxyl groups excluding tert-OH is 1. The monoisotopic (exact) mass is 998 g/mol. The number of benzene rings is 4. The summed E-state index contributed by atoms with van der Waals surface area (Å²) in [7, 11) is -3.81. The van der Waals surface area contributed by atoms with Crippen LogP contribution >= 0.6 is 22.9 Å². The van der Waals surface area contributed by atoms with Gasteiger partial charge in [0.05, 0.1) is 16.3 Å². The standard InChI is InChI=1S/C49H51ClN6O11S2/c1-49(2)24-32(51-31-9-4-7-29(23-31)43-41(50)42(67-25-39(58)59)44(68-43)47(62)63)18-21-55(49)69(65,66)26-27-6-3-8-30(22-27)52-48(64)54-19-16-28(17-20-54)33-12-13-36-40-34(33)10-5-11-35(40)46(61)56(36)37-14-15-38(57)53-45(37)60/h3-13,22-23,28,32,37-38,51,57H,14-21,24-26H2,1-2H3,(H,52,64)(H,53,60)(H,58,59)(H,62,63)/t32-,37+,38?/m0/s1. The highest BCUT2D eigenvalue weighted by atomic mass is 35.5. The number of sulfonamides is 1. The zero-order valence-corrected chi connectivity index (χ0v) is 40.1. The van der Waals surface area contributed by atoms with Crippen LogP contribution in [0.1, 0.15) is 89.4 Å². The van der Waals surface area contributed by atoms with Crippen molar-refractivity contribution in [3.63, 3.8) is 0 Å². The molecule has 1 unspecified atom stereocenters. The van der Waals surface area contributed by atoms with E-state index in [2.05, 4.69) is 16.0 Å². The third-order valence-electron chi connectivity index (χ3n) is 13.4. The predicted octanol–water partition coefficient (Wildman–Crippen LogP) is 7.54. The number of carboxylic acid groups (broad SMARTS) is 2. The van der Waals surface area contributed by atoms with Gasteiger partial charge in [0.2, 0.25) is 15.9 Å². The normalized spacial score (nSPS) is 20.7. The highest BCUT2D eigenvalue weighted by Crippen LogP contribution is 2.47. The number of likely N-dealkylation sites (tertiary alicyclic amines) is 1. The second kappa shape index (κ2) is 18.9. The first-order chi connectivity index (χ1) is 32.9. The van der Waals surface area contributed by atoms with Crippen LogP contribution in [0.25, 0.3) is 21.2 Å². The smallest absolute Gasteiger partial charge is 0.349 e. The first-order valence-electron chi connectivity index (χ1n) is 22.7. The highest BCUT2D eigenvalue weighted by molar-refractivity contribution is 7.88. The second-order valence-electron chi connectivity index (χ2n) is 18.5. The number of carboxylic acids is 2. The zero-order valence-electron chi connectivity index (χ0n) is 37.7. The van der Waals surface area contributed by atoms with Gasteiger partial charge < -0.3 is 40.9 Å². The second-order valence-corrected chi connectivity index (χ2v) is 21.8. The number of piperidine rings is 3. The van der Waals surface area contributed by atoms with Gasteiger partial charge in [-0.2, -0.15) is 4.31 Å². The van der Waals surface area contributed by atoms with Crippen LogP contribution < -0.4 is 25.6 Å². The van der Waals surface area contributed by atoms with E-state index in [1.54, 1.807) is 62.6 Å². The summed E-state index contributed by atoms with van der Waals surface area (Å²) in [4.78, 5) is 66.7. The predicted molar refractivity (Wildman–Crippen MR) is 262 cm³/mol. The molecule has 1 aromatic heterocycles. The van der Waals surface area contributed by atoms with Crippen LogP contribution in [-0.4, -0.2) is 113 Å². The molecule has 3 fully saturated rings. The number of hydrogen-bond acceptors (Lipinski definition) is 11. The molecule has 69 heavy (non-hydrogen) atoms. The average Bonchev–Trinajstić information content (AvgIpc) is 3.78. The number of nitrogens with one attached hydrogen (secondary N) is 3. The van der Waals surface area contributed by atoms with E-state index in [-0.39, 0.29) is 57.8 Å². The van der Waals surface area contributed by atoms with Crippen molar-refractivity contribution < 1.29 is 52.4 Å². The lowest BCUT2D eigenvalue weighted by Gasteiger charge is -2.45. The van der Waals surface area contributed by atoms with E-state index in [0.717, 1.165) is 27.7 Å². The van der Waals surface area contributed by atoms with E-state index in [9.17, 15) is 42.6 Å². The van der Waals surface area contributed by atoms with Gasteiger partial charge in [-0.25, -0.2) is 22.8 Å². The molecule has 4 aromatic carbocycles. The van der Waals surface area contributed by atoms with Crippen LogP contribution in [0.2, 0.25) is 5.02 Å². The number of aliphatic carboxylic acids is 1. The summed E-state index contributed by atoms with van der Waals surface area (Å²) >= 11 is 7.41. The molecule has 6 N–H and O–H groups in total. The van der Waals surface area contributed by atoms with Gasteiger partial charge in [-0.05, 0) is 117 Å². The molecule has 0 bridgehead atoms. The van der Waals surface area contributed by atoms with Crippen molar-refractivity contribution in [3.8, 4) is 16.2 Å².